The van der Waals surface area contributed by atoms with Crippen molar-refractivity contribution >= 4 is 32.7 Å². The summed E-state index contributed by atoms with van der Waals surface area (Å²) in [5.41, 5.74) is 3.14. The lowest BCUT2D eigenvalue weighted by molar-refractivity contribution is 0.0108. The smallest absolute Gasteiger partial charge is 0.335 e. The van der Waals surface area contributed by atoms with Crippen LogP contribution in [0.2, 0.25) is 0 Å². The SMILES string of the molecule is O=C(O)c1cc(OC2CC2)c2nc(N3C[C@@H]4C[C@H]3C[C@H]4OCc3[nH]nnc3C3CC3)sc2c1. The van der Waals surface area contributed by atoms with Crippen LogP contribution < -0.4 is 9.64 Å². The number of aromatic carboxylic acids is 1. The van der Waals surface area contributed by atoms with Crippen LogP contribution in [0.25, 0.3) is 10.2 Å². The minimum absolute atomic E-state index is 0.189. The highest BCUT2D eigenvalue weighted by atomic mass is 32.1. The molecule has 33 heavy (non-hydrogen) atoms. The number of fused-ring (bicyclic) bond motifs is 3. The number of H-pyrrole nitrogens is 1. The Bertz CT molecular complexity index is 1230. The summed E-state index contributed by atoms with van der Waals surface area (Å²) in [5.74, 6) is 0.691. The molecule has 2 aromatic heterocycles. The number of piperidine rings is 1. The van der Waals surface area contributed by atoms with E-state index in [-0.39, 0.29) is 17.8 Å². The van der Waals surface area contributed by atoms with E-state index in [4.69, 9.17) is 14.5 Å². The minimum atomic E-state index is -0.940. The van der Waals surface area contributed by atoms with Crippen molar-refractivity contribution < 1.29 is 19.4 Å². The second kappa shape index (κ2) is 7.39. The number of aromatic nitrogens is 4. The average molecular weight is 468 g/mol. The zero-order chi connectivity index (χ0) is 22.1. The van der Waals surface area contributed by atoms with Crippen molar-refractivity contribution in [1.29, 1.82) is 0 Å². The summed E-state index contributed by atoms with van der Waals surface area (Å²) in [4.78, 5) is 18.9. The van der Waals surface area contributed by atoms with Gasteiger partial charge in [-0.15, -0.1) is 5.10 Å². The molecule has 0 unspecified atom stereocenters. The summed E-state index contributed by atoms with van der Waals surface area (Å²) in [5, 5.41) is 21.7. The first-order chi connectivity index (χ1) is 16.1. The predicted molar refractivity (Wildman–Crippen MR) is 121 cm³/mol. The lowest BCUT2D eigenvalue weighted by Crippen LogP contribution is -2.38. The number of nitrogens with zero attached hydrogens (tertiary/aromatic N) is 4. The lowest BCUT2D eigenvalue weighted by Gasteiger charge is -2.31. The summed E-state index contributed by atoms with van der Waals surface area (Å²) in [7, 11) is 0. The fourth-order valence-corrected chi connectivity index (χ4v) is 6.38. The van der Waals surface area contributed by atoms with Gasteiger partial charge in [0.05, 0.1) is 40.5 Å². The molecule has 3 aromatic rings. The van der Waals surface area contributed by atoms with Gasteiger partial charge in [-0.25, -0.2) is 9.78 Å². The molecule has 0 radical (unpaired) electrons. The van der Waals surface area contributed by atoms with Crippen LogP contribution in [-0.2, 0) is 11.3 Å². The highest BCUT2D eigenvalue weighted by molar-refractivity contribution is 7.22. The Kier molecular flexibility index (Phi) is 4.42. The van der Waals surface area contributed by atoms with Crippen molar-refractivity contribution in [1.82, 2.24) is 20.4 Å². The van der Waals surface area contributed by atoms with E-state index in [1.54, 1.807) is 23.5 Å². The van der Waals surface area contributed by atoms with Crippen LogP contribution in [-0.4, -0.2) is 56.3 Å². The number of carbonyl (C=O) groups is 1. The van der Waals surface area contributed by atoms with Gasteiger partial charge < -0.3 is 19.5 Å². The normalized spacial score (nSPS) is 26.4. The molecule has 172 valence electrons. The molecule has 4 fully saturated rings. The van der Waals surface area contributed by atoms with Crippen molar-refractivity contribution in [2.45, 2.75) is 69.3 Å². The fourth-order valence-electron chi connectivity index (χ4n) is 5.27. The maximum atomic E-state index is 11.6. The van der Waals surface area contributed by atoms with Gasteiger partial charge in [0, 0.05) is 24.4 Å². The third-order valence-electron chi connectivity index (χ3n) is 7.29. The molecule has 3 heterocycles. The average Bonchev–Trinajstić information content (AvgIpc) is 3.61. The molecular weight excluding hydrogens is 442 g/mol. The molecule has 3 aliphatic carbocycles. The maximum Gasteiger partial charge on any atom is 0.335 e. The number of thiazole rings is 1. The predicted octanol–water partition coefficient (Wildman–Crippen LogP) is 3.72. The topological polar surface area (TPSA) is 113 Å². The molecule has 2 bridgehead atoms. The van der Waals surface area contributed by atoms with Crippen LogP contribution in [0.4, 0.5) is 5.13 Å². The van der Waals surface area contributed by atoms with Crippen molar-refractivity contribution in [3.8, 4) is 5.75 Å². The Labute approximate surface area is 194 Å². The number of carboxylic acid groups (broad SMARTS) is 1. The number of carboxylic acids is 1. The third kappa shape index (κ3) is 3.56. The van der Waals surface area contributed by atoms with Gasteiger partial charge in [0.15, 0.2) is 5.13 Å². The summed E-state index contributed by atoms with van der Waals surface area (Å²) in [6.07, 6.45) is 6.94. The molecule has 0 spiro atoms. The molecule has 10 heteroatoms. The summed E-state index contributed by atoms with van der Waals surface area (Å²) in [6, 6.07) is 3.73. The van der Waals surface area contributed by atoms with E-state index in [2.05, 4.69) is 20.3 Å². The molecule has 7 rings (SSSR count). The Morgan fingerprint density at radius 1 is 1.24 bits per heavy atom. The summed E-state index contributed by atoms with van der Waals surface area (Å²) >= 11 is 1.56. The number of anilines is 1. The van der Waals surface area contributed by atoms with Crippen LogP contribution in [0.1, 0.15) is 66.2 Å². The Morgan fingerprint density at radius 3 is 2.85 bits per heavy atom. The number of ether oxygens (including phenoxy) is 2. The van der Waals surface area contributed by atoms with Crippen molar-refractivity contribution in [2.75, 3.05) is 11.4 Å². The highest BCUT2D eigenvalue weighted by Gasteiger charge is 2.46. The number of nitrogens with one attached hydrogen (secondary N) is 1. The summed E-state index contributed by atoms with van der Waals surface area (Å²) in [6.45, 7) is 1.46. The van der Waals surface area contributed by atoms with E-state index >= 15 is 0 Å². The van der Waals surface area contributed by atoms with E-state index in [9.17, 15) is 9.90 Å². The van der Waals surface area contributed by atoms with Gasteiger partial charge in [-0.1, -0.05) is 16.6 Å². The largest absolute Gasteiger partial charge is 0.488 e. The molecule has 3 saturated carbocycles. The molecule has 1 aromatic carbocycles. The standard InChI is InChI=1S/C23H25N5O4S/c29-22(30)12-6-18(32-15-3-4-15)21-19(7-12)33-23(24-21)28-9-13-5-14(28)8-17(13)31-10-16-20(11-1-2-11)26-27-25-16/h6-7,11,13-15,17H,1-5,8-10H2,(H,29,30)(H,25,26,27)/t13-,14-,17+/m0/s1. The third-order valence-corrected chi connectivity index (χ3v) is 8.33. The molecule has 3 atom stereocenters. The Balaban J connectivity index is 1.07. The van der Waals surface area contributed by atoms with E-state index in [1.165, 1.54) is 12.8 Å². The van der Waals surface area contributed by atoms with Gasteiger partial charge in [-0.05, 0) is 50.7 Å². The molecule has 9 nitrogen and oxygen atoms in total. The van der Waals surface area contributed by atoms with Gasteiger partial charge in [-0.3, -0.25) is 5.10 Å². The Hall–Kier alpha value is -2.72. The maximum absolute atomic E-state index is 11.6. The molecule has 1 aliphatic heterocycles. The number of rotatable bonds is 8. The minimum Gasteiger partial charge on any atom is -0.488 e. The quantitative estimate of drug-likeness (QED) is 0.515. The summed E-state index contributed by atoms with van der Waals surface area (Å²) < 4.78 is 13.2. The number of hydrogen-bond acceptors (Lipinski definition) is 8. The molecule has 0 amide bonds. The fraction of sp³-hybridized carbons (Fsp3) is 0.565. The Morgan fingerprint density at radius 2 is 2.12 bits per heavy atom. The van der Waals surface area contributed by atoms with Gasteiger partial charge >= 0.3 is 5.97 Å². The van der Waals surface area contributed by atoms with Crippen molar-refractivity contribution in [2.24, 2.45) is 5.92 Å². The van der Waals surface area contributed by atoms with Gasteiger partial charge in [0.1, 0.15) is 11.3 Å². The van der Waals surface area contributed by atoms with Crippen molar-refractivity contribution in [3.05, 3.63) is 29.1 Å². The van der Waals surface area contributed by atoms with Crippen molar-refractivity contribution in [3.63, 3.8) is 0 Å². The zero-order valence-corrected chi connectivity index (χ0v) is 18.9. The first-order valence-corrected chi connectivity index (χ1v) is 12.6. The first kappa shape index (κ1) is 19.7. The number of hydrogen-bond donors (Lipinski definition) is 2. The molecular formula is C23H25N5O4S. The van der Waals surface area contributed by atoms with E-state index in [0.717, 1.165) is 59.0 Å². The second-order valence-corrected chi connectivity index (χ2v) is 10.8. The highest BCUT2D eigenvalue weighted by Crippen LogP contribution is 2.46. The lowest BCUT2D eigenvalue weighted by atomic mass is 10.1. The number of aromatic amines is 1. The van der Waals surface area contributed by atoms with Gasteiger partial charge in [0.2, 0.25) is 0 Å². The molecule has 1 saturated heterocycles. The zero-order valence-electron chi connectivity index (χ0n) is 18.1. The van der Waals surface area contributed by atoms with Gasteiger partial charge in [0.25, 0.3) is 0 Å². The van der Waals surface area contributed by atoms with E-state index < -0.39 is 5.97 Å². The van der Waals surface area contributed by atoms with Crippen LogP contribution in [0, 0.1) is 5.92 Å². The number of benzene rings is 1. The van der Waals surface area contributed by atoms with E-state index in [1.807, 2.05) is 0 Å². The first-order valence-electron chi connectivity index (χ1n) is 11.7. The van der Waals surface area contributed by atoms with Crippen LogP contribution in [0.15, 0.2) is 12.1 Å². The van der Waals surface area contributed by atoms with Crippen LogP contribution in [0.3, 0.4) is 0 Å². The molecule has 2 N–H and O–H groups in total. The second-order valence-electron chi connectivity index (χ2n) is 9.78. The monoisotopic (exact) mass is 467 g/mol. The van der Waals surface area contributed by atoms with E-state index in [0.29, 0.717) is 30.2 Å². The van der Waals surface area contributed by atoms with Crippen LogP contribution in [0.5, 0.6) is 5.75 Å². The van der Waals surface area contributed by atoms with Crippen LogP contribution >= 0.6 is 11.3 Å². The molecule has 4 aliphatic rings. The van der Waals surface area contributed by atoms with Gasteiger partial charge in [-0.2, -0.15) is 0 Å².